The number of aryl methyl sites for hydroxylation is 1. The SMILES string of the molecule is Cc1cc[c]cc1Nc1ccnc(Cl)n1. The van der Waals surface area contributed by atoms with E-state index in [-0.39, 0.29) is 5.28 Å². The molecule has 1 aromatic heterocycles. The zero-order chi connectivity index (χ0) is 10.7. The van der Waals surface area contributed by atoms with E-state index in [1.54, 1.807) is 12.3 Å². The van der Waals surface area contributed by atoms with Crippen molar-refractivity contribution in [1.82, 2.24) is 9.97 Å². The number of nitrogens with zero attached hydrogens (tertiary/aromatic N) is 2. The van der Waals surface area contributed by atoms with Crippen molar-refractivity contribution in [2.45, 2.75) is 6.92 Å². The van der Waals surface area contributed by atoms with E-state index in [0.717, 1.165) is 11.3 Å². The molecule has 1 heterocycles. The molecule has 0 aliphatic heterocycles. The van der Waals surface area contributed by atoms with Crippen LogP contribution in [0.2, 0.25) is 5.28 Å². The summed E-state index contributed by atoms with van der Waals surface area (Å²) in [4.78, 5) is 7.85. The van der Waals surface area contributed by atoms with Gasteiger partial charge in [0.1, 0.15) is 5.82 Å². The van der Waals surface area contributed by atoms with Crippen LogP contribution < -0.4 is 5.32 Å². The number of anilines is 2. The highest BCUT2D eigenvalue weighted by atomic mass is 35.5. The number of hydrogen-bond acceptors (Lipinski definition) is 3. The van der Waals surface area contributed by atoms with Crippen molar-refractivity contribution in [3.8, 4) is 0 Å². The zero-order valence-electron chi connectivity index (χ0n) is 8.16. The molecule has 15 heavy (non-hydrogen) atoms. The normalized spacial score (nSPS) is 10.0. The molecule has 2 aromatic rings. The van der Waals surface area contributed by atoms with Gasteiger partial charge in [0.15, 0.2) is 0 Å². The Bertz CT molecular complexity index is 471. The molecular weight excluding hydrogens is 210 g/mol. The van der Waals surface area contributed by atoms with E-state index in [9.17, 15) is 0 Å². The molecule has 0 spiro atoms. The van der Waals surface area contributed by atoms with Crippen LogP contribution in [0.25, 0.3) is 0 Å². The lowest BCUT2D eigenvalue weighted by atomic mass is 10.2. The van der Waals surface area contributed by atoms with E-state index < -0.39 is 0 Å². The van der Waals surface area contributed by atoms with Gasteiger partial charge in [-0.15, -0.1) is 0 Å². The van der Waals surface area contributed by atoms with Crippen LogP contribution in [0, 0.1) is 13.0 Å². The molecule has 3 nitrogen and oxygen atoms in total. The van der Waals surface area contributed by atoms with Gasteiger partial charge in [-0.1, -0.05) is 12.1 Å². The average molecular weight is 219 g/mol. The van der Waals surface area contributed by atoms with Crippen LogP contribution in [0.4, 0.5) is 11.5 Å². The minimum Gasteiger partial charge on any atom is -0.340 e. The standard InChI is InChI=1S/C11H9ClN3/c1-8-4-2-3-5-9(8)14-10-6-7-13-11(12)15-10/h2,4-7H,1H3,(H,13,14,15). The topological polar surface area (TPSA) is 37.8 Å². The second-order valence-electron chi connectivity index (χ2n) is 3.08. The van der Waals surface area contributed by atoms with Gasteiger partial charge in [0.2, 0.25) is 5.28 Å². The van der Waals surface area contributed by atoms with Gasteiger partial charge in [-0.3, -0.25) is 0 Å². The van der Waals surface area contributed by atoms with Gasteiger partial charge in [-0.2, -0.15) is 0 Å². The third-order valence-electron chi connectivity index (χ3n) is 1.97. The first kappa shape index (κ1) is 9.93. The Labute approximate surface area is 93.1 Å². The Morgan fingerprint density at radius 2 is 2.27 bits per heavy atom. The molecule has 0 amide bonds. The summed E-state index contributed by atoms with van der Waals surface area (Å²) >= 11 is 5.68. The Hall–Kier alpha value is -1.61. The van der Waals surface area contributed by atoms with Crippen molar-refractivity contribution >= 4 is 23.1 Å². The lowest BCUT2D eigenvalue weighted by Crippen LogP contribution is -1.96. The van der Waals surface area contributed by atoms with E-state index in [0.29, 0.717) is 5.82 Å². The van der Waals surface area contributed by atoms with Crippen LogP contribution in [0.1, 0.15) is 5.56 Å². The Morgan fingerprint density at radius 3 is 3.00 bits per heavy atom. The summed E-state index contributed by atoms with van der Waals surface area (Å²) in [6.45, 7) is 2.01. The number of nitrogens with one attached hydrogen (secondary N) is 1. The van der Waals surface area contributed by atoms with Crippen LogP contribution in [0.3, 0.4) is 0 Å². The van der Waals surface area contributed by atoms with Crippen molar-refractivity contribution in [3.63, 3.8) is 0 Å². The molecule has 75 valence electrons. The van der Waals surface area contributed by atoms with Gasteiger partial charge < -0.3 is 5.32 Å². The number of hydrogen-bond donors (Lipinski definition) is 1. The van der Waals surface area contributed by atoms with E-state index >= 15 is 0 Å². The van der Waals surface area contributed by atoms with Crippen molar-refractivity contribution < 1.29 is 0 Å². The summed E-state index contributed by atoms with van der Waals surface area (Å²) in [6.07, 6.45) is 1.61. The molecule has 0 unspecified atom stereocenters. The fourth-order valence-corrected chi connectivity index (χ4v) is 1.33. The van der Waals surface area contributed by atoms with Gasteiger partial charge in [0.25, 0.3) is 0 Å². The number of halogens is 1. The highest BCUT2D eigenvalue weighted by Gasteiger charge is 1.99. The summed E-state index contributed by atoms with van der Waals surface area (Å²) in [7, 11) is 0. The third kappa shape index (κ3) is 2.44. The van der Waals surface area contributed by atoms with E-state index in [4.69, 9.17) is 11.6 Å². The predicted molar refractivity (Wildman–Crippen MR) is 60.3 cm³/mol. The molecule has 0 aliphatic rings. The molecule has 0 atom stereocenters. The summed E-state index contributed by atoms with van der Waals surface area (Å²) in [5.41, 5.74) is 2.09. The molecule has 1 radical (unpaired) electrons. The lowest BCUT2D eigenvalue weighted by Gasteiger charge is -2.07. The monoisotopic (exact) mass is 218 g/mol. The van der Waals surface area contributed by atoms with Crippen LogP contribution in [-0.2, 0) is 0 Å². The van der Waals surface area contributed by atoms with Gasteiger partial charge in [0.05, 0.1) is 0 Å². The molecule has 1 aromatic carbocycles. The largest absolute Gasteiger partial charge is 0.340 e. The van der Waals surface area contributed by atoms with Crippen molar-refractivity contribution in [1.29, 1.82) is 0 Å². The van der Waals surface area contributed by atoms with Gasteiger partial charge in [-0.05, 0) is 42.3 Å². The Kier molecular flexibility index (Phi) is 2.83. The average Bonchev–Trinajstić information content (AvgIpc) is 2.22. The van der Waals surface area contributed by atoms with Gasteiger partial charge in [0, 0.05) is 11.9 Å². The first-order valence-electron chi connectivity index (χ1n) is 4.48. The summed E-state index contributed by atoms with van der Waals surface area (Å²) in [5, 5.41) is 3.38. The first-order chi connectivity index (χ1) is 7.25. The molecule has 1 N–H and O–H groups in total. The smallest absolute Gasteiger partial charge is 0.224 e. The quantitative estimate of drug-likeness (QED) is 0.788. The molecule has 0 fully saturated rings. The lowest BCUT2D eigenvalue weighted by molar-refractivity contribution is 1.17. The third-order valence-corrected chi connectivity index (χ3v) is 2.15. The van der Waals surface area contributed by atoms with Crippen molar-refractivity contribution in [2.24, 2.45) is 0 Å². The fourth-order valence-electron chi connectivity index (χ4n) is 1.19. The molecule has 0 saturated carbocycles. The maximum Gasteiger partial charge on any atom is 0.224 e. The summed E-state index contributed by atoms with van der Waals surface area (Å²) in [5.74, 6) is 0.678. The first-order valence-corrected chi connectivity index (χ1v) is 4.86. The highest BCUT2D eigenvalue weighted by molar-refractivity contribution is 6.28. The highest BCUT2D eigenvalue weighted by Crippen LogP contribution is 2.18. The van der Waals surface area contributed by atoms with Crippen LogP contribution in [-0.4, -0.2) is 9.97 Å². The zero-order valence-corrected chi connectivity index (χ0v) is 8.92. The van der Waals surface area contributed by atoms with E-state index in [1.807, 2.05) is 25.1 Å². The second kappa shape index (κ2) is 4.28. The molecular formula is C11H9ClN3. The predicted octanol–water partition coefficient (Wildman–Crippen LogP) is 2.98. The minimum absolute atomic E-state index is 0.234. The molecule has 0 saturated heterocycles. The van der Waals surface area contributed by atoms with Crippen molar-refractivity contribution in [3.05, 3.63) is 47.4 Å². The van der Waals surface area contributed by atoms with Gasteiger partial charge >= 0.3 is 0 Å². The van der Waals surface area contributed by atoms with Crippen molar-refractivity contribution in [2.75, 3.05) is 5.32 Å². The van der Waals surface area contributed by atoms with Crippen LogP contribution in [0.15, 0.2) is 30.5 Å². The summed E-state index contributed by atoms with van der Waals surface area (Å²) < 4.78 is 0. The van der Waals surface area contributed by atoms with E-state index in [2.05, 4.69) is 21.4 Å². The fraction of sp³-hybridized carbons (Fsp3) is 0.0909. The minimum atomic E-state index is 0.234. The second-order valence-corrected chi connectivity index (χ2v) is 3.41. The number of aromatic nitrogens is 2. The number of rotatable bonds is 2. The molecule has 2 rings (SSSR count). The molecule has 0 bridgehead atoms. The molecule has 0 aliphatic carbocycles. The Balaban J connectivity index is 2.26. The maximum absolute atomic E-state index is 5.68. The Morgan fingerprint density at radius 1 is 1.40 bits per heavy atom. The van der Waals surface area contributed by atoms with Gasteiger partial charge in [-0.25, -0.2) is 9.97 Å². The van der Waals surface area contributed by atoms with Crippen LogP contribution >= 0.6 is 11.6 Å². The molecule has 4 heteroatoms. The summed E-state index contributed by atoms with van der Waals surface area (Å²) in [6, 6.07) is 10.5. The van der Waals surface area contributed by atoms with E-state index in [1.165, 1.54) is 0 Å². The number of benzene rings is 1. The van der Waals surface area contributed by atoms with Crippen LogP contribution in [0.5, 0.6) is 0 Å². The maximum atomic E-state index is 5.68.